The van der Waals surface area contributed by atoms with Gasteiger partial charge in [-0.05, 0) is 109 Å². The van der Waals surface area contributed by atoms with E-state index in [2.05, 4.69) is 130 Å². The molecule has 0 aromatic heterocycles. The van der Waals surface area contributed by atoms with Crippen LogP contribution in [0.5, 0.6) is 0 Å². The van der Waals surface area contributed by atoms with Gasteiger partial charge in [-0.25, -0.2) is 0 Å². The Balaban J connectivity index is 4.44. The van der Waals surface area contributed by atoms with E-state index in [0.717, 1.165) is 135 Å². The largest absolute Gasteiger partial charge is 0.462 e. The Bertz CT molecular complexity index is 1520. The average Bonchev–Trinajstić information content (AvgIpc) is 3.41. The minimum Gasteiger partial charge on any atom is -0.462 e. The van der Waals surface area contributed by atoms with Crippen LogP contribution in [0.3, 0.4) is 0 Å². The van der Waals surface area contributed by atoms with Crippen LogP contribution in [-0.2, 0) is 28.6 Å². The molecular formula is C69H116O6. The normalized spacial score (nSPS) is 12.8. The van der Waals surface area contributed by atoms with Gasteiger partial charge in [0, 0.05) is 19.3 Å². The van der Waals surface area contributed by atoms with Gasteiger partial charge >= 0.3 is 17.9 Å². The molecule has 0 rings (SSSR count). The van der Waals surface area contributed by atoms with E-state index < -0.39 is 6.10 Å². The lowest BCUT2D eigenvalue weighted by molar-refractivity contribution is -0.167. The van der Waals surface area contributed by atoms with Gasteiger partial charge in [0.25, 0.3) is 0 Å². The fraction of sp³-hybridized carbons (Fsp3) is 0.696. The third-order valence-electron chi connectivity index (χ3n) is 13.3. The van der Waals surface area contributed by atoms with Crippen LogP contribution >= 0.6 is 0 Å². The quantitative estimate of drug-likeness (QED) is 0.0261. The highest BCUT2D eigenvalue weighted by Crippen LogP contribution is 2.15. The lowest BCUT2D eigenvalue weighted by Crippen LogP contribution is -2.30. The smallest absolute Gasteiger partial charge is 0.306 e. The van der Waals surface area contributed by atoms with Crippen LogP contribution in [-0.4, -0.2) is 37.2 Å². The highest BCUT2D eigenvalue weighted by Gasteiger charge is 2.19. The summed E-state index contributed by atoms with van der Waals surface area (Å²) in [7, 11) is 0. The molecule has 0 heterocycles. The van der Waals surface area contributed by atoms with Crippen molar-refractivity contribution in [1.29, 1.82) is 0 Å². The maximum atomic E-state index is 12.9. The summed E-state index contributed by atoms with van der Waals surface area (Å²) in [5.41, 5.74) is 0. The first-order chi connectivity index (χ1) is 37.0. The summed E-state index contributed by atoms with van der Waals surface area (Å²) in [4.78, 5) is 38.3. The van der Waals surface area contributed by atoms with Gasteiger partial charge in [-0.15, -0.1) is 0 Å². The van der Waals surface area contributed by atoms with Crippen molar-refractivity contribution in [2.75, 3.05) is 13.2 Å². The molecule has 1 atom stereocenters. The van der Waals surface area contributed by atoms with E-state index in [0.29, 0.717) is 19.3 Å². The van der Waals surface area contributed by atoms with Crippen molar-refractivity contribution in [3.8, 4) is 0 Å². The van der Waals surface area contributed by atoms with Crippen molar-refractivity contribution >= 4 is 17.9 Å². The van der Waals surface area contributed by atoms with E-state index in [1.165, 1.54) is 116 Å². The number of carbonyl (C=O) groups is 3. The predicted octanol–water partition coefficient (Wildman–Crippen LogP) is 21.4. The van der Waals surface area contributed by atoms with Gasteiger partial charge in [0.15, 0.2) is 6.10 Å². The standard InChI is InChI=1S/C69H116O6/c1-4-7-10-13-16-19-22-25-27-29-31-33-34-36-37-39-41-44-47-50-53-56-59-62-68(71)74-65-66(64-73-67(70)61-58-55-52-49-46-43-24-21-18-15-12-9-6-3)75-69(72)63-60-57-54-51-48-45-42-40-38-35-32-30-28-26-23-20-17-14-11-8-5-2/h7,10,16,19,23,25-27,30-33,36-38,40-41,44,66H,4-6,8-9,11-15,17-18,20-22,24,28-29,34-35,39,42-43,45-65H2,1-3H3/b10-7-,19-16-,26-23-,27-25-,32-30-,33-31-,37-36-,40-38-,44-41-. The second-order valence-electron chi connectivity index (χ2n) is 20.6. The molecule has 0 bridgehead atoms. The topological polar surface area (TPSA) is 78.9 Å². The molecule has 0 aromatic rings. The highest BCUT2D eigenvalue weighted by molar-refractivity contribution is 5.71. The summed E-state index contributed by atoms with van der Waals surface area (Å²) in [6.07, 6.45) is 85.1. The van der Waals surface area contributed by atoms with Crippen LogP contribution in [0.15, 0.2) is 109 Å². The van der Waals surface area contributed by atoms with Gasteiger partial charge in [0.05, 0.1) is 0 Å². The molecule has 0 N–H and O–H groups in total. The SMILES string of the molecule is CC/C=C\C/C=C\C/C=C\C/C=C\C/C=C\C/C=C\CCCCCCC(=O)OCC(COC(=O)CCCCCCCCCCCCCCC)OC(=O)CCCCCCCC/C=C\C/C=C\C/C=C\CCCCCCC. The Morgan fingerprint density at radius 1 is 0.280 bits per heavy atom. The molecule has 0 saturated carbocycles. The summed E-state index contributed by atoms with van der Waals surface area (Å²) in [6.45, 7) is 6.50. The van der Waals surface area contributed by atoms with E-state index in [1.807, 2.05) is 0 Å². The molecule has 0 amide bonds. The summed E-state index contributed by atoms with van der Waals surface area (Å²) >= 11 is 0. The fourth-order valence-corrected chi connectivity index (χ4v) is 8.57. The highest BCUT2D eigenvalue weighted by atomic mass is 16.6. The Labute approximate surface area is 463 Å². The van der Waals surface area contributed by atoms with Gasteiger partial charge in [-0.2, -0.15) is 0 Å². The first-order valence-electron chi connectivity index (χ1n) is 31.4. The molecule has 0 aliphatic carbocycles. The molecule has 0 spiro atoms. The predicted molar refractivity (Wildman–Crippen MR) is 325 cm³/mol. The van der Waals surface area contributed by atoms with Crippen molar-refractivity contribution < 1.29 is 28.6 Å². The van der Waals surface area contributed by atoms with Gasteiger partial charge in [-0.3, -0.25) is 14.4 Å². The number of esters is 3. The van der Waals surface area contributed by atoms with Crippen molar-refractivity contribution in [2.45, 2.75) is 297 Å². The maximum absolute atomic E-state index is 12.9. The van der Waals surface area contributed by atoms with Crippen LogP contribution < -0.4 is 0 Å². The Morgan fingerprint density at radius 3 is 0.813 bits per heavy atom. The van der Waals surface area contributed by atoms with Crippen molar-refractivity contribution in [2.24, 2.45) is 0 Å². The molecule has 1 unspecified atom stereocenters. The van der Waals surface area contributed by atoms with E-state index in [1.54, 1.807) is 0 Å². The average molecular weight is 1040 g/mol. The number of unbranched alkanes of at least 4 members (excludes halogenated alkanes) is 27. The molecule has 0 aliphatic rings. The molecule has 6 heteroatoms. The van der Waals surface area contributed by atoms with E-state index in [4.69, 9.17) is 14.2 Å². The van der Waals surface area contributed by atoms with Crippen molar-refractivity contribution in [1.82, 2.24) is 0 Å². The summed E-state index contributed by atoms with van der Waals surface area (Å²) in [6, 6.07) is 0. The van der Waals surface area contributed by atoms with Gasteiger partial charge < -0.3 is 14.2 Å². The maximum Gasteiger partial charge on any atom is 0.306 e. The summed E-state index contributed by atoms with van der Waals surface area (Å²) in [5, 5.41) is 0. The van der Waals surface area contributed by atoms with E-state index >= 15 is 0 Å². The molecule has 428 valence electrons. The second kappa shape index (κ2) is 62.6. The first-order valence-corrected chi connectivity index (χ1v) is 31.4. The van der Waals surface area contributed by atoms with Crippen LogP contribution in [0.25, 0.3) is 0 Å². The van der Waals surface area contributed by atoms with Crippen LogP contribution in [0.2, 0.25) is 0 Å². The lowest BCUT2D eigenvalue weighted by atomic mass is 10.0. The molecule has 0 fully saturated rings. The third kappa shape index (κ3) is 60.8. The minimum atomic E-state index is -0.797. The summed E-state index contributed by atoms with van der Waals surface area (Å²) in [5.74, 6) is -0.923. The van der Waals surface area contributed by atoms with Crippen LogP contribution in [0, 0.1) is 0 Å². The molecule has 0 radical (unpaired) electrons. The molecule has 6 nitrogen and oxygen atoms in total. The number of ether oxygens (including phenoxy) is 3. The monoisotopic (exact) mass is 1040 g/mol. The number of allylic oxidation sites excluding steroid dienone is 18. The van der Waals surface area contributed by atoms with Gasteiger partial charge in [0.1, 0.15) is 13.2 Å². The number of hydrogen-bond acceptors (Lipinski definition) is 6. The zero-order chi connectivity index (χ0) is 54.3. The Kier molecular flexibility index (Phi) is 59.3. The molecule has 0 aliphatic heterocycles. The lowest BCUT2D eigenvalue weighted by Gasteiger charge is -2.18. The molecule has 0 aromatic carbocycles. The Hall–Kier alpha value is -3.93. The van der Waals surface area contributed by atoms with Crippen LogP contribution in [0.4, 0.5) is 0 Å². The number of carbonyl (C=O) groups excluding carboxylic acids is 3. The fourth-order valence-electron chi connectivity index (χ4n) is 8.57. The second-order valence-corrected chi connectivity index (χ2v) is 20.6. The van der Waals surface area contributed by atoms with Gasteiger partial charge in [0.2, 0.25) is 0 Å². The number of rotatable bonds is 56. The van der Waals surface area contributed by atoms with E-state index in [-0.39, 0.29) is 31.1 Å². The zero-order valence-electron chi connectivity index (χ0n) is 49.0. The molecule has 75 heavy (non-hydrogen) atoms. The van der Waals surface area contributed by atoms with Crippen molar-refractivity contribution in [3.63, 3.8) is 0 Å². The zero-order valence-corrected chi connectivity index (χ0v) is 49.0. The number of hydrogen-bond donors (Lipinski definition) is 0. The summed E-state index contributed by atoms with van der Waals surface area (Å²) < 4.78 is 16.9. The van der Waals surface area contributed by atoms with Crippen LogP contribution in [0.1, 0.15) is 290 Å². The van der Waals surface area contributed by atoms with Crippen molar-refractivity contribution in [3.05, 3.63) is 109 Å². The first kappa shape index (κ1) is 71.1. The third-order valence-corrected chi connectivity index (χ3v) is 13.3. The Morgan fingerprint density at radius 2 is 0.520 bits per heavy atom. The van der Waals surface area contributed by atoms with E-state index in [9.17, 15) is 14.4 Å². The van der Waals surface area contributed by atoms with Gasteiger partial charge in [-0.1, -0.05) is 271 Å². The minimum absolute atomic E-state index is 0.0910. The molecule has 0 saturated heterocycles. The molecular weight excluding hydrogens is 925 g/mol.